The number of pyridine rings is 1. The summed E-state index contributed by atoms with van der Waals surface area (Å²) < 4.78 is 0. The maximum atomic E-state index is 12.1. The second-order valence-electron chi connectivity index (χ2n) is 4.04. The van der Waals surface area contributed by atoms with Gasteiger partial charge in [0.1, 0.15) is 0 Å². The Morgan fingerprint density at radius 1 is 1.47 bits per heavy atom. The summed E-state index contributed by atoms with van der Waals surface area (Å²) in [6.07, 6.45) is 6.35. The number of anilines is 1. The molecule has 1 rings (SSSR count). The molecule has 94 valence electrons. The van der Waals surface area contributed by atoms with Crippen LogP contribution in [0.1, 0.15) is 43.5 Å². The third kappa shape index (κ3) is 3.73. The molecule has 1 unspecified atom stereocenters. The summed E-state index contributed by atoms with van der Waals surface area (Å²) in [7, 11) is 1.79. The first-order valence-electron chi connectivity index (χ1n) is 6.15. The Hall–Kier alpha value is -1.58. The summed E-state index contributed by atoms with van der Waals surface area (Å²) >= 11 is 0. The average molecular weight is 235 g/mol. The molecule has 0 bridgehead atoms. The molecular weight excluding hydrogens is 214 g/mol. The summed E-state index contributed by atoms with van der Waals surface area (Å²) in [5.41, 5.74) is 1.41. The molecule has 0 saturated heterocycles. The second-order valence-corrected chi connectivity index (χ2v) is 4.04. The van der Waals surface area contributed by atoms with Crippen LogP contribution < -0.4 is 10.6 Å². The van der Waals surface area contributed by atoms with E-state index in [0.29, 0.717) is 5.56 Å². The molecule has 1 amide bonds. The number of hydrogen-bond acceptors (Lipinski definition) is 3. The van der Waals surface area contributed by atoms with Crippen LogP contribution >= 0.6 is 0 Å². The van der Waals surface area contributed by atoms with Gasteiger partial charge in [-0.2, -0.15) is 0 Å². The van der Waals surface area contributed by atoms with Crippen molar-refractivity contribution in [1.29, 1.82) is 0 Å². The predicted octanol–water partition coefficient (Wildman–Crippen LogP) is 2.43. The Morgan fingerprint density at radius 2 is 2.24 bits per heavy atom. The number of nitrogens with one attached hydrogen (secondary N) is 2. The Balaban J connectivity index is 2.75. The fourth-order valence-electron chi connectivity index (χ4n) is 1.78. The molecule has 0 aliphatic heterocycles. The van der Waals surface area contributed by atoms with Gasteiger partial charge in [0.25, 0.3) is 5.91 Å². The molecule has 17 heavy (non-hydrogen) atoms. The summed E-state index contributed by atoms with van der Waals surface area (Å²) in [6.45, 7) is 4.21. The van der Waals surface area contributed by atoms with Crippen molar-refractivity contribution in [3.05, 3.63) is 24.0 Å². The molecule has 0 aliphatic rings. The van der Waals surface area contributed by atoms with Gasteiger partial charge in [-0.15, -0.1) is 0 Å². The van der Waals surface area contributed by atoms with Crippen molar-refractivity contribution in [3.8, 4) is 0 Å². The van der Waals surface area contributed by atoms with E-state index >= 15 is 0 Å². The van der Waals surface area contributed by atoms with Crippen LogP contribution in [0.5, 0.6) is 0 Å². The molecule has 0 radical (unpaired) electrons. The minimum atomic E-state index is -0.0305. The summed E-state index contributed by atoms with van der Waals surface area (Å²) in [6, 6.07) is 1.99. The monoisotopic (exact) mass is 235 g/mol. The lowest BCUT2D eigenvalue weighted by Crippen LogP contribution is -2.34. The van der Waals surface area contributed by atoms with Gasteiger partial charge >= 0.3 is 0 Å². The van der Waals surface area contributed by atoms with Gasteiger partial charge in [-0.1, -0.05) is 20.3 Å². The van der Waals surface area contributed by atoms with Crippen LogP contribution in [0.4, 0.5) is 5.69 Å². The average Bonchev–Trinajstić information content (AvgIpc) is 2.38. The van der Waals surface area contributed by atoms with Crippen LogP contribution in [0.2, 0.25) is 0 Å². The number of nitrogens with zero attached hydrogens (tertiary/aromatic N) is 1. The summed E-state index contributed by atoms with van der Waals surface area (Å²) in [5, 5.41) is 6.03. The maximum Gasteiger partial charge on any atom is 0.253 e. The molecule has 0 saturated carbocycles. The van der Waals surface area contributed by atoms with Crippen molar-refractivity contribution in [3.63, 3.8) is 0 Å². The van der Waals surface area contributed by atoms with Gasteiger partial charge in [-0.05, 0) is 18.9 Å². The van der Waals surface area contributed by atoms with Gasteiger partial charge in [0.15, 0.2) is 0 Å². The van der Waals surface area contributed by atoms with Crippen LogP contribution in [-0.2, 0) is 0 Å². The Morgan fingerprint density at radius 3 is 2.82 bits per heavy atom. The SMILES string of the molecule is CCCC(CC)NC(=O)c1ccncc1NC. The third-order valence-electron chi connectivity index (χ3n) is 2.80. The van der Waals surface area contributed by atoms with E-state index in [4.69, 9.17) is 0 Å². The first-order valence-corrected chi connectivity index (χ1v) is 6.15. The first-order chi connectivity index (χ1) is 8.22. The molecule has 4 nitrogen and oxygen atoms in total. The molecule has 2 N–H and O–H groups in total. The second kappa shape index (κ2) is 6.89. The molecule has 0 fully saturated rings. The predicted molar refractivity (Wildman–Crippen MR) is 70.2 cm³/mol. The van der Waals surface area contributed by atoms with Gasteiger partial charge in [0.2, 0.25) is 0 Å². The van der Waals surface area contributed by atoms with E-state index in [-0.39, 0.29) is 11.9 Å². The lowest BCUT2D eigenvalue weighted by atomic mass is 10.1. The van der Waals surface area contributed by atoms with Crippen LogP contribution in [0, 0.1) is 0 Å². The molecule has 0 aromatic carbocycles. The fraction of sp³-hybridized carbons (Fsp3) is 0.538. The Labute approximate surface area is 103 Å². The number of carbonyl (C=O) groups is 1. The van der Waals surface area contributed by atoms with Crippen molar-refractivity contribution in [1.82, 2.24) is 10.3 Å². The third-order valence-corrected chi connectivity index (χ3v) is 2.80. The molecule has 1 heterocycles. The molecule has 0 aliphatic carbocycles. The minimum Gasteiger partial charge on any atom is -0.386 e. The van der Waals surface area contributed by atoms with Gasteiger partial charge in [-0.3, -0.25) is 9.78 Å². The van der Waals surface area contributed by atoms with E-state index in [1.165, 1.54) is 0 Å². The maximum absolute atomic E-state index is 12.1. The van der Waals surface area contributed by atoms with Crippen LogP contribution in [0.25, 0.3) is 0 Å². The highest BCUT2D eigenvalue weighted by Gasteiger charge is 2.14. The van der Waals surface area contributed by atoms with Crippen molar-refractivity contribution in [2.75, 3.05) is 12.4 Å². The largest absolute Gasteiger partial charge is 0.386 e. The molecule has 1 aromatic rings. The highest BCUT2D eigenvalue weighted by molar-refractivity contribution is 5.99. The van der Waals surface area contributed by atoms with Crippen molar-refractivity contribution < 1.29 is 4.79 Å². The van der Waals surface area contributed by atoms with E-state index in [0.717, 1.165) is 24.9 Å². The normalized spacial score (nSPS) is 11.9. The highest BCUT2D eigenvalue weighted by atomic mass is 16.1. The van der Waals surface area contributed by atoms with E-state index < -0.39 is 0 Å². The lowest BCUT2D eigenvalue weighted by Gasteiger charge is -2.17. The number of hydrogen-bond donors (Lipinski definition) is 2. The highest BCUT2D eigenvalue weighted by Crippen LogP contribution is 2.13. The zero-order valence-corrected chi connectivity index (χ0v) is 10.8. The number of aromatic nitrogens is 1. The minimum absolute atomic E-state index is 0.0305. The van der Waals surface area contributed by atoms with Crippen molar-refractivity contribution >= 4 is 11.6 Å². The Kier molecular flexibility index (Phi) is 5.46. The summed E-state index contributed by atoms with van der Waals surface area (Å²) in [5.74, 6) is -0.0305. The van der Waals surface area contributed by atoms with Crippen LogP contribution in [0.15, 0.2) is 18.5 Å². The van der Waals surface area contributed by atoms with Crippen LogP contribution in [-0.4, -0.2) is 24.0 Å². The Bertz CT molecular complexity index is 365. The van der Waals surface area contributed by atoms with Crippen LogP contribution in [0.3, 0.4) is 0 Å². The van der Waals surface area contributed by atoms with Gasteiger partial charge in [0.05, 0.1) is 17.4 Å². The van der Waals surface area contributed by atoms with Gasteiger partial charge in [-0.25, -0.2) is 0 Å². The number of amides is 1. The molecule has 1 aromatic heterocycles. The van der Waals surface area contributed by atoms with Crippen molar-refractivity contribution in [2.24, 2.45) is 0 Å². The van der Waals surface area contributed by atoms with E-state index in [1.807, 2.05) is 0 Å². The van der Waals surface area contributed by atoms with E-state index in [1.54, 1.807) is 25.5 Å². The zero-order valence-electron chi connectivity index (χ0n) is 10.8. The van der Waals surface area contributed by atoms with E-state index in [9.17, 15) is 4.79 Å². The first kappa shape index (κ1) is 13.5. The molecule has 4 heteroatoms. The molecule has 0 spiro atoms. The molecule has 1 atom stereocenters. The quantitative estimate of drug-likeness (QED) is 0.796. The molecular formula is C13H21N3O. The zero-order chi connectivity index (χ0) is 12.7. The fourth-order valence-corrected chi connectivity index (χ4v) is 1.78. The lowest BCUT2D eigenvalue weighted by molar-refractivity contribution is 0.0934. The van der Waals surface area contributed by atoms with E-state index in [2.05, 4.69) is 29.5 Å². The number of carbonyl (C=O) groups excluding carboxylic acids is 1. The standard InChI is InChI=1S/C13H21N3O/c1-4-6-10(5-2)16-13(17)11-7-8-15-9-12(11)14-3/h7-10,14H,4-6H2,1-3H3,(H,16,17). The summed E-state index contributed by atoms with van der Waals surface area (Å²) in [4.78, 5) is 16.1. The van der Waals surface area contributed by atoms with Gasteiger partial charge in [0, 0.05) is 19.3 Å². The van der Waals surface area contributed by atoms with Crippen molar-refractivity contribution in [2.45, 2.75) is 39.2 Å². The number of rotatable bonds is 6. The smallest absolute Gasteiger partial charge is 0.253 e. The topological polar surface area (TPSA) is 54.0 Å². The van der Waals surface area contributed by atoms with Gasteiger partial charge < -0.3 is 10.6 Å².